The van der Waals surface area contributed by atoms with Crippen molar-refractivity contribution in [3.63, 3.8) is 0 Å². The van der Waals surface area contributed by atoms with Gasteiger partial charge in [-0.15, -0.1) is 0 Å². The Hall–Kier alpha value is -3.55. The van der Waals surface area contributed by atoms with Gasteiger partial charge < -0.3 is 33.2 Å². The Morgan fingerprint density at radius 3 is 2.03 bits per heavy atom. The third kappa shape index (κ3) is 7.47. The second kappa shape index (κ2) is 11.7. The Balaban J connectivity index is 2.75. The van der Waals surface area contributed by atoms with Gasteiger partial charge in [0.05, 0.1) is 19.1 Å². The first-order valence-electron chi connectivity index (χ1n) is 11.3. The number of rotatable bonds is 8. The highest BCUT2D eigenvalue weighted by Gasteiger charge is 2.66. The molecule has 206 valence electrons. The van der Waals surface area contributed by atoms with Gasteiger partial charge in [-0.3, -0.25) is 24.0 Å². The van der Waals surface area contributed by atoms with E-state index in [1.807, 2.05) is 0 Å². The van der Waals surface area contributed by atoms with Crippen LogP contribution in [0.4, 0.5) is 0 Å². The van der Waals surface area contributed by atoms with Crippen molar-refractivity contribution in [3.8, 4) is 0 Å². The maximum absolute atomic E-state index is 12.2. The number of carbonyl (C=O) groups is 5. The molecule has 0 aromatic heterocycles. The Morgan fingerprint density at radius 2 is 1.51 bits per heavy atom. The highest BCUT2D eigenvalue weighted by molar-refractivity contribution is 6.02. The highest BCUT2D eigenvalue weighted by Crippen LogP contribution is 2.41. The average Bonchev–Trinajstić information content (AvgIpc) is 3.04. The van der Waals surface area contributed by atoms with Gasteiger partial charge >= 0.3 is 29.8 Å². The molecule has 0 amide bonds. The fourth-order valence-corrected chi connectivity index (χ4v) is 3.90. The highest BCUT2D eigenvalue weighted by atomic mass is 16.7. The predicted molar refractivity (Wildman–Crippen MR) is 123 cm³/mol. The monoisotopic (exact) mass is 528 g/mol. The Bertz CT molecular complexity index is 1000. The number of ether oxygens (including phenoxy) is 7. The summed E-state index contributed by atoms with van der Waals surface area (Å²) in [4.78, 5) is 68.7. The van der Waals surface area contributed by atoms with Crippen molar-refractivity contribution in [2.45, 2.75) is 90.6 Å². The Morgan fingerprint density at radius 1 is 0.946 bits per heavy atom. The molecule has 0 bridgehead atoms. The molecule has 2 aliphatic rings. The minimum atomic E-state index is -2.05. The summed E-state index contributed by atoms with van der Waals surface area (Å²) in [7, 11) is 1.23. The van der Waals surface area contributed by atoms with Gasteiger partial charge in [-0.25, -0.2) is 9.98 Å². The van der Waals surface area contributed by atoms with E-state index in [9.17, 15) is 24.0 Å². The van der Waals surface area contributed by atoms with Crippen LogP contribution < -0.4 is 0 Å². The molecule has 5 atom stereocenters. The molecule has 0 aromatic rings. The molecule has 1 saturated heterocycles. The molecular weight excluding hydrogens is 496 g/mol. The molecule has 0 unspecified atom stereocenters. The van der Waals surface area contributed by atoms with Crippen LogP contribution in [0.3, 0.4) is 0 Å². The van der Waals surface area contributed by atoms with Crippen molar-refractivity contribution in [2.75, 3.05) is 13.7 Å². The summed E-state index contributed by atoms with van der Waals surface area (Å²) < 4.78 is 38.1. The number of aliphatic imine (C=N–C) groups is 2. The topological polar surface area (TPSA) is 175 Å². The van der Waals surface area contributed by atoms with E-state index in [1.54, 1.807) is 13.8 Å². The molecule has 1 spiro atoms. The Kier molecular flexibility index (Phi) is 9.36. The van der Waals surface area contributed by atoms with Gasteiger partial charge in [0.15, 0.2) is 18.1 Å². The predicted octanol–water partition coefficient (Wildman–Crippen LogP) is 0.629. The van der Waals surface area contributed by atoms with Crippen molar-refractivity contribution in [1.29, 1.82) is 0 Å². The summed E-state index contributed by atoms with van der Waals surface area (Å²) in [6.07, 6.45) is -5.85. The van der Waals surface area contributed by atoms with E-state index in [4.69, 9.17) is 33.2 Å². The van der Waals surface area contributed by atoms with Crippen LogP contribution >= 0.6 is 0 Å². The molecule has 2 rings (SSSR count). The maximum atomic E-state index is 12.2. The van der Waals surface area contributed by atoms with E-state index in [0.29, 0.717) is 0 Å². The SMILES string of the molecule is COC(=O)CC(C)(C)N=C1OC(C)=N[C@]12O[C@H](COC(C)=O)[C@H](OC(C)=O)[C@H](OC(C)=O)[C@H]2OC(C)=O. The van der Waals surface area contributed by atoms with Crippen LogP contribution in [-0.4, -0.2) is 91.0 Å². The molecule has 0 N–H and O–H groups in total. The summed E-state index contributed by atoms with van der Waals surface area (Å²) in [5.41, 5.74) is -3.17. The van der Waals surface area contributed by atoms with Crippen LogP contribution in [0.1, 0.15) is 54.9 Å². The van der Waals surface area contributed by atoms with E-state index < -0.39 is 72.1 Å². The first kappa shape index (κ1) is 29.7. The molecule has 1 fully saturated rings. The van der Waals surface area contributed by atoms with Gasteiger partial charge in [0, 0.05) is 34.6 Å². The number of methoxy groups -OCH3 is 1. The van der Waals surface area contributed by atoms with Crippen LogP contribution in [0.2, 0.25) is 0 Å². The van der Waals surface area contributed by atoms with Crippen molar-refractivity contribution >= 4 is 41.6 Å². The summed E-state index contributed by atoms with van der Waals surface area (Å²) in [5, 5.41) is 0. The molecule has 0 saturated carbocycles. The number of nitrogens with zero attached hydrogens (tertiary/aromatic N) is 2. The molecule has 2 heterocycles. The zero-order valence-corrected chi connectivity index (χ0v) is 22.0. The van der Waals surface area contributed by atoms with Gasteiger partial charge in [-0.2, -0.15) is 0 Å². The van der Waals surface area contributed by atoms with Crippen molar-refractivity contribution in [3.05, 3.63) is 0 Å². The third-order valence-electron chi connectivity index (χ3n) is 5.14. The number of esters is 5. The van der Waals surface area contributed by atoms with Gasteiger partial charge in [0.25, 0.3) is 11.6 Å². The van der Waals surface area contributed by atoms with Crippen molar-refractivity contribution in [1.82, 2.24) is 0 Å². The summed E-state index contributed by atoms with van der Waals surface area (Å²) >= 11 is 0. The van der Waals surface area contributed by atoms with E-state index in [-0.39, 0.29) is 18.2 Å². The number of hydrogen-bond acceptors (Lipinski definition) is 14. The van der Waals surface area contributed by atoms with Crippen molar-refractivity contribution < 1.29 is 57.1 Å². The molecule has 2 aliphatic heterocycles. The molecule has 0 radical (unpaired) electrons. The largest absolute Gasteiger partial charge is 0.469 e. The Labute approximate surface area is 213 Å². The zero-order valence-electron chi connectivity index (χ0n) is 22.0. The molecule has 14 nitrogen and oxygen atoms in total. The van der Waals surface area contributed by atoms with Crippen LogP contribution in [0.5, 0.6) is 0 Å². The number of carbonyl (C=O) groups excluding carboxylic acids is 5. The molecular formula is C23H32N2O12. The normalized spacial score (nSPS) is 28.1. The molecule has 37 heavy (non-hydrogen) atoms. The lowest BCUT2D eigenvalue weighted by atomic mass is 9.89. The van der Waals surface area contributed by atoms with E-state index in [0.717, 1.165) is 27.7 Å². The second-order valence-electron chi connectivity index (χ2n) is 9.05. The number of hydrogen-bond donors (Lipinski definition) is 0. The standard InChI is InChI=1S/C23H32N2O12/c1-11-24-23(21(33-11)25-22(6,7)9-17(30)31-8)20(36-15(5)29)19(35-14(4)28)18(34-13(3)27)16(37-23)10-32-12(2)26/h16,18-20H,9-10H2,1-8H3/t16-,18+,19+,20-,23-/m1/s1. The second-order valence-corrected chi connectivity index (χ2v) is 9.05. The van der Waals surface area contributed by atoms with E-state index in [1.165, 1.54) is 14.0 Å². The van der Waals surface area contributed by atoms with Crippen LogP contribution in [0, 0.1) is 0 Å². The maximum Gasteiger partial charge on any atom is 0.307 e. The lowest BCUT2D eigenvalue weighted by Gasteiger charge is -2.47. The van der Waals surface area contributed by atoms with Crippen LogP contribution in [0.15, 0.2) is 9.98 Å². The lowest BCUT2D eigenvalue weighted by molar-refractivity contribution is -0.266. The van der Waals surface area contributed by atoms with Crippen LogP contribution in [0.25, 0.3) is 0 Å². The molecule has 0 aromatic carbocycles. The van der Waals surface area contributed by atoms with Gasteiger partial charge in [-0.1, -0.05) is 0 Å². The van der Waals surface area contributed by atoms with E-state index in [2.05, 4.69) is 9.98 Å². The summed E-state index contributed by atoms with van der Waals surface area (Å²) in [5.74, 6) is -3.78. The average molecular weight is 529 g/mol. The zero-order chi connectivity index (χ0) is 28.1. The first-order valence-corrected chi connectivity index (χ1v) is 11.3. The lowest BCUT2D eigenvalue weighted by Crippen LogP contribution is -2.69. The van der Waals surface area contributed by atoms with Gasteiger partial charge in [0.1, 0.15) is 12.7 Å². The molecule has 0 aliphatic carbocycles. The van der Waals surface area contributed by atoms with E-state index >= 15 is 0 Å². The summed E-state index contributed by atoms with van der Waals surface area (Å²) in [6.45, 7) is 8.75. The minimum Gasteiger partial charge on any atom is -0.469 e. The van der Waals surface area contributed by atoms with Crippen molar-refractivity contribution in [2.24, 2.45) is 9.98 Å². The first-order chi connectivity index (χ1) is 17.1. The molecule has 14 heteroatoms. The minimum absolute atomic E-state index is 0.0449. The third-order valence-corrected chi connectivity index (χ3v) is 5.14. The van der Waals surface area contributed by atoms with Gasteiger partial charge in [-0.05, 0) is 13.8 Å². The fraction of sp³-hybridized carbons (Fsp3) is 0.696. The van der Waals surface area contributed by atoms with Crippen LogP contribution in [-0.2, 0) is 57.1 Å². The summed E-state index contributed by atoms with van der Waals surface area (Å²) in [6, 6.07) is 0. The van der Waals surface area contributed by atoms with Gasteiger partial charge in [0.2, 0.25) is 6.10 Å². The smallest absolute Gasteiger partial charge is 0.307 e. The fourth-order valence-electron chi connectivity index (χ4n) is 3.90. The quantitative estimate of drug-likeness (QED) is 0.318.